The van der Waals surface area contributed by atoms with Gasteiger partial charge in [0, 0.05) is 16.2 Å². The van der Waals surface area contributed by atoms with E-state index in [2.05, 4.69) is 80.8 Å². The van der Waals surface area contributed by atoms with Gasteiger partial charge in [0.25, 0.3) is 0 Å². The van der Waals surface area contributed by atoms with Crippen molar-refractivity contribution in [3.63, 3.8) is 0 Å². The molecule has 4 saturated carbocycles. The molecule has 4 bridgehead atoms. The topological polar surface area (TPSA) is 4.93 Å². The van der Waals surface area contributed by atoms with Crippen molar-refractivity contribution < 1.29 is 0 Å². The van der Waals surface area contributed by atoms with Crippen molar-refractivity contribution in [1.82, 2.24) is 4.57 Å². The molecule has 1 atom stereocenters. The minimum atomic E-state index is 0.190. The van der Waals surface area contributed by atoms with Gasteiger partial charge in [-0.25, -0.2) is 0 Å². The van der Waals surface area contributed by atoms with E-state index in [-0.39, 0.29) is 5.41 Å². The molecule has 1 heteroatoms. The number of fused-ring (bicyclic) bond motifs is 5. The Hall–Kier alpha value is -2.54. The lowest BCUT2D eigenvalue weighted by molar-refractivity contribution is -0.0419. The van der Waals surface area contributed by atoms with Gasteiger partial charge >= 0.3 is 0 Å². The quantitative estimate of drug-likeness (QED) is 0.282. The zero-order chi connectivity index (χ0) is 23.6. The molecule has 1 unspecified atom stereocenters. The Labute approximate surface area is 209 Å². The molecule has 178 valence electrons. The molecule has 2 heterocycles. The van der Waals surface area contributed by atoms with Gasteiger partial charge in [0.15, 0.2) is 0 Å². The highest BCUT2D eigenvalue weighted by Crippen LogP contribution is 2.68. The molecule has 5 aliphatic rings. The summed E-state index contributed by atoms with van der Waals surface area (Å²) in [7, 11) is 0. The van der Waals surface area contributed by atoms with Crippen molar-refractivity contribution in [3.05, 3.63) is 76.3 Å². The van der Waals surface area contributed by atoms with Gasteiger partial charge in [0.05, 0.1) is 16.7 Å². The fourth-order valence-electron chi connectivity index (χ4n) is 9.55. The summed E-state index contributed by atoms with van der Waals surface area (Å²) in [6.07, 6.45) is 8.47. The molecule has 0 radical (unpaired) electrons. The number of rotatable bonds is 2. The number of nitrogens with zero attached hydrogens (tertiary/aromatic N) is 1. The number of aryl methyl sites for hydroxylation is 2. The van der Waals surface area contributed by atoms with E-state index in [1.54, 1.807) is 16.7 Å². The molecule has 4 aliphatic carbocycles. The highest BCUT2D eigenvalue weighted by molar-refractivity contribution is 6.12. The SMILES string of the molecule is CCC(C)c1ccc2c(c1)C1(c3cc(C)cc4c5cc(C)ccc5n-2c34)C2CC3CC(C2)CC1C3. The van der Waals surface area contributed by atoms with Crippen molar-refractivity contribution in [3.8, 4) is 5.69 Å². The molecule has 1 nitrogen and oxygen atoms in total. The molecular weight excluding hydrogens is 422 g/mol. The second-order valence-corrected chi connectivity index (χ2v) is 12.8. The lowest BCUT2D eigenvalue weighted by Gasteiger charge is -2.63. The third-order valence-corrected chi connectivity index (χ3v) is 10.9. The van der Waals surface area contributed by atoms with E-state index in [0.717, 1.165) is 23.7 Å². The summed E-state index contributed by atoms with van der Waals surface area (Å²) in [5.74, 6) is 4.14. The van der Waals surface area contributed by atoms with E-state index < -0.39 is 0 Å². The van der Waals surface area contributed by atoms with Crippen LogP contribution in [0.1, 0.15) is 86.1 Å². The lowest BCUT2D eigenvalue weighted by Crippen LogP contribution is -2.57. The minimum Gasteiger partial charge on any atom is -0.309 e. The Balaban J connectivity index is 1.56. The highest BCUT2D eigenvalue weighted by Gasteiger charge is 2.61. The predicted octanol–water partition coefficient (Wildman–Crippen LogP) is 8.97. The minimum absolute atomic E-state index is 0.190. The Morgan fingerprint density at radius 2 is 1.51 bits per heavy atom. The number of benzene rings is 3. The van der Waals surface area contributed by atoms with Crippen LogP contribution >= 0.6 is 0 Å². The van der Waals surface area contributed by atoms with Gasteiger partial charge in [-0.05, 0) is 123 Å². The van der Waals surface area contributed by atoms with Crippen molar-refractivity contribution in [1.29, 1.82) is 0 Å². The van der Waals surface area contributed by atoms with Crippen LogP contribution in [-0.4, -0.2) is 4.57 Å². The first-order chi connectivity index (χ1) is 17.0. The number of hydrogen-bond acceptors (Lipinski definition) is 0. The maximum absolute atomic E-state index is 2.68. The van der Waals surface area contributed by atoms with Gasteiger partial charge in [-0.15, -0.1) is 0 Å². The monoisotopic (exact) mass is 459 g/mol. The first kappa shape index (κ1) is 20.6. The van der Waals surface area contributed by atoms with Crippen LogP contribution < -0.4 is 0 Å². The van der Waals surface area contributed by atoms with Crippen molar-refractivity contribution in [2.75, 3.05) is 0 Å². The van der Waals surface area contributed by atoms with E-state index in [1.807, 2.05) is 0 Å². The summed E-state index contributed by atoms with van der Waals surface area (Å²) < 4.78 is 2.66. The first-order valence-corrected chi connectivity index (χ1v) is 14.2. The molecule has 9 rings (SSSR count). The molecule has 3 aromatic carbocycles. The first-order valence-electron chi connectivity index (χ1n) is 14.2. The van der Waals surface area contributed by atoms with Gasteiger partial charge in [-0.3, -0.25) is 0 Å². The molecule has 0 saturated heterocycles. The second-order valence-electron chi connectivity index (χ2n) is 12.8. The van der Waals surface area contributed by atoms with E-state index in [4.69, 9.17) is 0 Å². The number of hydrogen-bond donors (Lipinski definition) is 0. The average Bonchev–Trinajstić information content (AvgIpc) is 3.16. The van der Waals surface area contributed by atoms with E-state index >= 15 is 0 Å². The van der Waals surface area contributed by atoms with Gasteiger partial charge < -0.3 is 4.57 Å². The summed E-state index contributed by atoms with van der Waals surface area (Å²) in [5, 5.41) is 2.91. The summed E-state index contributed by atoms with van der Waals surface area (Å²) in [5.41, 5.74) is 12.2. The van der Waals surface area contributed by atoms with E-state index in [9.17, 15) is 0 Å². The molecule has 35 heavy (non-hydrogen) atoms. The van der Waals surface area contributed by atoms with Gasteiger partial charge in [0.1, 0.15) is 0 Å². The molecule has 4 aromatic rings. The van der Waals surface area contributed by atoms with Crippen LogP contribution in [0.5, 0.6) is 0 Å². The van der Waals surface area contributed by atoms with Crippen molar-refractivity contribution in [2.45, 2.75) is 77.6 Å². The molecule has 0 N–H and O–H groups in total. The average molecular weight is 460 g/mol. The van der Waals surface area contributed by atoms with Crippen LogP contribution in [0.15, 0.2) is 48.5 Å². The molecular formula is C34H37N. The Morgan fingerprint density at radius 3 is 2.23 bits per heavy atom. The van der Waals surface area contributed by atoms with Gasteiger partial charge in [-0.1, -0.05) is 49.2 Å². The zero-order valence-corrected chi connectivity index (χ0v) is 21.7. The van der Waals surface area contributed by atoms with Crippen LogP contribution in [0.2, 0.25) is 0 Å². The van der Waals surface area contributed by atoms with E-state index in [0.29, 0.717) is 5.92 Å². The third-order valence-electron chi connectivity index (χ3n) is 10.9. The predicted molar refractivity (Wildman–Crippen MR) is 147 cm³/mol. The van der Waals surface area contributed by atoms with Crippen LogP contribution in [-0.2, 0) is 5.41 Å². The van der Waals surface area contributed by atoms with Crippen LogP contribution in [0.4, 0.5) is 0 Å². The summed E-state index contributed by atoms with van der Waals surface area (Å²) in [6, 6.07) is 19.8. The summed E-state index contributed by atoms with van der Waals surface area (Å²) in [4.78, 5) is 0. The molecule has 4 fully saturated rings. The maximum Gasteiger partial charge on any atom is 0.0582 e. The standard InChI is InChI=1S/C34H37N/c1-5-21(4)24-7-9-32-29(18-24)34(25-14-22-13-23(16-25)17-26(34)15-22)30-12-20(3)11-28-27-10-19(2)6-8-31(27)35(32)33(28)30/h6-12,18,21-23,25-26H,5,13-17H2,1-4H3. The summed E-state index contributed by atoms with van der Waals surface area (Å²) in [6.45, 7) is 9.33. The maximum atomic E-state index is 2.68. The second kappa shape index (κ2) is 6.81. The van der Waals surface area contributed by atoms with E-state index in [1.165, 1.54) is 77.1 Å². The van der Waals surface area contributed by atoms with Crippen LogP contribution in [0.3, 0.4) is 0 Å². The van der Waals surface area contributed by atoms with Crippen LogP contribution in [0.25, 0.3) is 27.5 Å². The fourth-order valence-corrected chi connectivity index (χ4v) is 9.55. The third kappa shape index (κ3) is 2.45. The Bertz CT molecular complexity index is 1500. The normalized spacial score (nSPS) is 31.0. The Kier molecular flexibility index (Phi) is 4.02. The van der Waals surface area contributed by atoms with Gasteiger partial charge in [-0.2, -0.15) is 0 Å². The lowest BCUT2D eigenvalue weighted by atomic mass is 9.41. The molecule has 1 spiro atoms. The van der Waals surface area contributed by atoms with Crippen molar-refractivity contribution in [2.24, 2.45) is 23.7 Å². The van der Waals surface area contributed by atoms with Crippen molar-refractivity contribution >= 4 is 21.8 Å². The smallest absolute Gasteiger partial charge is 0.0582 e. The summed E-state index contributed by atoms with van der Waals surface area (Å²) >= 11 is 0. The zero-order valence-electron chi connectivity index (χ0n) is 21.7. The number of aromatic nitrogens is 1. The Morgan fingerprint density at radius 1 is 0.800 bits per heavy atom. The molecule has 0 amide bonds. The fraction of sp³-hybridized carbons (Fsp3) is 0.471. The molecule has 1 aliphatic heterocycles. The van der Waals surface area contributed by atoms with Gasteiger partial charge in [0.2, 0.25) is 0 Å². The highest BCUT2D eigenvalue weighted by atomic mass is 15.0. The largest absolute Gasteiger partial charge is 0.309 e. The van der Waals surface area contributed by atoms with Crippen LogP contribution in [0, 0.1) is 37.5 Å². The molecule has 1 aromatic heterocycles.